The number of carbonyl (C=O) groups is 2. The van der Waals surface area contributed by atoms with E-state index in [9.17, 15) is 9.59 Å². The first-order chi connectivity index (χ1) is 10.6. The standard InChI is InChI=1S/C16H23N3O3/c20-15(21)7-4-10-19-11-8-14(9-12-19)18-16(22)17-13-5-2-1-3-6-13/h1-3,5-6,14H,4,7-12H2,(H,20,21)(H2,17,18,22). The van der Waals surface area contributed by atoms with Crippen molar-refractivity contribution in [2.45, 2.75) is 31.7 Å². The van der Waals surface area contributed by atoms with E-state index in [4.69, 9.17) is 5.11 Å². The van der Waals surface area contributed by atoms with E-state index in [0.717, 1.165) is 38.2 Å². The summed E-state index contributed by atoms with van der Waals surface area (Å²) in [6, 6.07) is 9.38. The summed E-state index contributed by atoms with van der Waals surface area (Å²) in [5.41, 5.74) is 0.783. The quantitative estimate of drug-likeness (QED) is 0.752. The zero-order valence-electron chi connectivity index (χ0n) is 12.6. The molecule has 1 fully saturated rings. The fourth-order valence-electron chi connectivity index (χ4n) is 2.63. The SMILES string of the molecule is O=C(O)CCCN1CCC(NC(=O)Nc2ccccc2)CC1. The number of nitrogens with zero attached hydrogens (tertiary/aromatic N) is 1. The fourth-order valence-corrected chi connectivity index (χ4v) is 2.63. The molecule has 3 N–H and O–H groups in total. The minimum atomic E-state index is -0.742. The monoisotopic (exact) mass is 305 g/mol. The first kappa shape index (κ1) is 16.3. The average molecular weight is 305 g/mol. The number of carboxylic acids is 1. The maximum absolute atomic E-state index is 11.9. The van der Waals surface area contributed by atoms with Gasteiger partial charge in [0.05, 0.1) is 0 Å². The van der Waals surface area contributed by atoms with Crippen molar-refractivity contribution in [3.63, 3.8) is 0 Å². The van der Waals surface area contributed by atoms with Gasteiger partial charge in [0, 0.05) is 31.2 Å². The van der Waals surface area contributed by atoms with Crippen LogP contribution in [0.4, 0.5) is 10.5 Å². The van der Waals surface area contributed by atoms with Gasteiger partial charge < -0.3 is 20.6 Å². The molecule has 22 heavy (non-hydrogen) atoms. The van der Waals surface area contributed by atoms with Gasteiger partial charge in [-0.25, -0.2) is 4.79 Å². The van der Waals surface area contributed by atoms with Gasteiger partial charge in [0.25, 0.3) is 0 Å². The average Bonchev–Trinajstić information content (AvgIpc) is 2.49. The van der Waals surface area contributed by atoms with Crippen LogP contribution in [-0.4, -0.2) is 47.7 Å². The predicted octanol–water partition coefficient (Wildman–Crippen LogP) is 2.14. The molecule has 2 amide bonds. The van der Waals surface area contributed by atoms with Crippen LogP contribution in [0.1, 0.15) is 25.7 Å². The molecule has 0 bridgehead atoms. The van der Waals surface area contributed by atoms with Crippen LogP contribution in [0.3, 0.4) is 0 Å². The van der Waals surface area contributed by atoms with E-state index in [-0.39, 0.29) is 18.5 Å². The highest BCUT2D eigenvalue weighted by Crippen LogP contribution is 2.12. The van der Waals surface area contributed by atoms with E-state index in [1.807, 2.05) is 30.3 Å². The van der Waals surface area contributed by atoms with Crippen molar-refractivity contribution in [1.82, 2.24) is 10.2 Å². The van der Waals surface area contributed by atoms with Gasteiger partial charge in [-0.3, -0.25) is 4.79 Å². The number of benzene rings is 1. The Morgan fingerprint density at radius 1 is 1.18 bits per heavy atom. The number of aliphatic carboxylic acids is 1. The Hall–Kier alpha value is -2.08. The number of urea groups is 1. The highest BCUT2D eigenvalue weighted by atomic mass is 16.4. The molecule has 1 heterocycles. The van der Waals surface area contributed by atoms with Crippen LogP contribution in [0.25, 0.3) is 0 Å². The van der Waals surface area contributed by atoms with Crippen LogP contribution in [0.15, 0.2) is 30.3 Å². The molecule has 6 heteroatoms. The predicted molar refractivity (Wildman–Crippen MR) is 84.9 cm³/mol. The summed E-state index contributed by atoms with van der Waals surface area (Å²) in [5.74, 6) is -0.742. The van der Waals surface area contributed by atoms with E-state index in [2.05, 4.69) is 15.5 Å². The van der Waals surface area contributed by atoms with Gasteiger partial charge in [0.1, 0.15) is 0 Å². The lowest BCUT2D eigenvalue weighted by Crippen LogP contribution is -2.46. The summed E-state index contributed by atoms with van der Waals surface area (Å²) >= 11 is 0. The van der Waals surface area contributed by atoms with Crippen LogP contribution in [0, 0.1) is 0 Å². The van der Waals surface area contributed by atoms with Gasteiger partial charge in [-0.15, -0.1) is 0 Å². The van der Waals surface area contributed by atoms with E-state index in [1.165, 1.54) is 0 Å². The number of anilines is 1. The van der Waals surface area contributed by atoms with Crippen molar-refractivity contribution in [1.29, 1.82) is 0 Å². The molecule has 0 unspecified atom stereocenters. The molecule has 1 saturated heterocycles. The van der Waals surface area contributed by atoms with Crippen molar-refractivity contribution >= 4 is 17.7 Å². The molecule has 0 spiro atoms. The Bertz CT molecular complexity index is 485. The molecule has 1 aliphatic rings. The maximum atomic E-state index is 11.9. The maximum Gasteiger partial charge on any atom is 0.319 e. The summed E-state index contributed by atoms with van der Waals surface area (Å²) in [5, 5.41) is 14.4. The van der Waals surface area contributed by atoms with Crippen LogP contribution in [0.5, 0.6) is 0 Å². The highest BCUT2D eigenvalue weighted by Gasteiger charge is 2.20. The normalized spacial score (nSPS) is 16.2. The van der Waals surface area contributed by atoms with Gasteiger partial charge in [0.15, 0.2) is 0 Å². The van der Waals surface area contributed by atoms with Crippen molar-refractivity contribution in [3.05, 3.63) is 30.3 Å². The number of likely N-dealkylation sites (tertiary alicyclic amines) is 1. The van der Waals surface area contributed by atoms with Gasteiger partial charge in [-0.05, 0) is 37.9 Å². The van der Waals surface area contributed by atoms with E-state index < -0.39 is 5.97 Å². The van der Waals surface area contributed by atoms with Crippen molar-refractivity contribution in [2.24, 2.45) is 0 Å². The molecule has 1 aliphatic heterocycles. The second kappa shape index (κ2) is 8.38. The Morgan fingerprint density at radius 3 is 2.50 bits per heavy atom. The smallest absolute Gasteiger partial charge is 0.319 e. The fraction of sp³-hybridized carbons (Fsp3) is 0.500. The first-order valence-electron chi connectivity index (χ1n) is 7.70. The molecule has 0 saturated carbocycles. The molecular formula is C16H23N3O3. The molecule has 0 atom stereocenters. The minimum Gasteiger partial charge on any atom is -0.481 e. The molecule has 1 aromatic rings. The lowest BCUT2D eigenvalue weighted by atomic mass is 10.0. The zero-order valence-corrected chi connectivity index (χ0v) is 12.6. The highest BCUT2D eigenvalue weighted by molar-refractivity contribution is 5.89. The lowest BCUT2D eigenvalue weighted by molar-refractivity contribution is -0.137. The molecule has 120 valence electrons. The third kappa shape index (κ3) is 5.73. The third-order valence-electron chi connectivity index (χ3n) is 3.82. The molecule has 1 aromatic carbocycles. The Morgan fingerprint density at radius 2 is 1.86 bits per heavy atom. The van der Waals surface area contributed by atoms with Gasteiger partial charge in [0.2, 0.25) is 0 Å². The summed E-state index contributed by atoms with van der Waals surface area (Å²) in [7, 11) is 0. The molecule has 0 aliphatic carbocycles. The molecule has 6 nitrogen and oxygen atoms in total. The van der Waals surface area contributed by atoms with Crippen LogP contribution in [-0.2, 0) is 4.79 Å². The second-order valence-corrected chi connectivity index (χ2v) is 5.58. The number of piperidine rings is 1. The van der Waals surface area contributed by atoms with Gasteiger partial charge in [-0.1, -0.05) is 18.2 Å². The lowest BCUT2D eigenvalue weighted by Gasteiger charge is -2.32. The summed E-state index contributed by atoms with van der Waals surface area (Å²) in [6.07, 6.45) is 2.70. The summed E-state index contributed by atoms with van der Waals surface area (Å²) in [4.78, 5) is 24.7. The number of nitrogens with one attached hydrogen (secondary N) is 2. The van der Waals surface area contributed by atoms with Crippen LogP contribution < -0.4 is 10.6 Å². The van der Waals surface area contributed by atoms with Crippen molar-refractivity contribution < 1.29 is 14.7 Å². The Kier molecular flexibility index (Phi) is 6.21. The van der Waals surface area contributed by atoms with Gasteiger partial charge >= 0.3 is 12.0 Å². The molecule has 2 rings (SSSR count). The summed E-state index contributed by atoms with van der Waals surface area (Å²) < 4.78 is 0. The largest absolute Gasteiger partial charge is 0.481 e. The van der Waals surface area contributed by atoms with Gasteiger partial charge in [-0.2, -0.15) is 0 Å². The van der Waals surface area contributed by atoms with Crippen molar-refractivity contribution in [3.8, 4) is 0 Å². The number of para-hydroxylation sites is 1. The number of carbonyl (C=O) groups excluding carboxylic acids is 1. The number of rotatable bonds is 6. The molecular weight excluding hydrogens is 282 g/mol. The first-order valence-corrected chi connectivity index (χ1v) is 7.70. The molecule has 0 aromatic heterocycles. The van der Waals surface area contributed by atoms with Crippen molar-refractivity contribution in [2.75, 3.05) is 25.0 Å². The second-order valence-electron chi connectivity index (χ2n) is 5.58. The number of hydrogen-bond donors (Lipinski definition) is 3. The zero-order chi connectivity index (χ0) is 15.8. The third-order valence-corrected chi connectivity index (χ3v) is 3.82. The minimum absolute atomic E-state index is 0.171. The van der Waals surface area contributed by atoms with E-state index in [1.54, 1.807) is 0 Å². The number of amides is 2. The topological polar surface area (TPSA) is 81.7 Å². The number of carboxylic acid groups (broad SMARTS) is 1. The molecule has 0 radical (unpaired) electrons. The van der Waals surface area contributed by atoms with Crippen LogP contribution in [0.2, 0.25) is 0 Å². The van der Waals surface area contributed by atoms with E-state index >= 15 is 0 Å². The Balaban J connectivity index is 1.64. The Labute approximate surface area is 130 Å². The van der Waals surface area contributed by atoms with Crippen LogP contribution >= 0.6 is 0 Å². The van der Waals surface area contributed by atoms with E-state index in [0.29, 0.717) is 6.42 Å². The summed E-state index contributed by atoms with van der Waals surface area (Å²) in [6.45, 7) is 2.61. The number of hydrogen-bond acceptors (Lipinski definition) is 3.